The second kappa shape index (κ2) is 9.92. The van der Waals surface area contributed by atoms with E-state index < -0.39 is 0 Å². The zero-order chi connectivity index (χ0) is 21.7. The van der Waals surface area contributed by atoms with Crippen molar-refractivity contribution in [2.75, 3.05) is 13.1 Å². The monoisotopic (exact) mass is 425 g/mol. The van der Waals surface area contributed by atoms with Gasteiger partial charge in [0, 0.05) is 25.5 Å². The molecule has 0 aromatic carbocycles. The number of unbranched alkanes of at least 4 members (excludes halogenated alkanes) is 2. The summed E-state index contributed by atoms with van der Waals surface area (Å²) < 4.78 is 0. The Hall–Kier alpha value is -1.58. The Morgan fingerprint density at radius 1 is 1.06 bits per heavy atom. The first kappa shape index (κ1) is 22.6. The molecule has 0 radical (unpaired) electrons. The number of pyridine rings is 1. The molecule has 4 heteroatoms. The van der Waals surface area contributed by atoms with E-state index in [0.717, 1.165) is 43.7 Å². The molecular weight excluding hydrogens is 382 g/mol. The summed E-state index contributed by atoms with van der Waals surface area (Å²) in [6, 6.07) is 4.26. The van der Waals surface area contributed by atoms with Crippen molar-refractivity contribution in [3.05, 3.63) is 30.1 Å². The number of carbonyl (C=O) groups is 1. The summed E-state index contributed by atoms with van der Waals surface area (Å²) in [6.07, 6.45) is 19.6. The molecule has 2 N–H and O–H groups in total. The van der Waals surface area contributed by atoms with Crippen LogP contribution in [0.25, 0.3) is 0 Å². The smallest absolute Gasteiger partial charge is 0.314 e. The van der Waals surface area contributed by atoms with Crippen LogP contribution < -0.4 is 10.6 Å². The van der Waals surface area contributed by atoms with Gasteiger partial charge in [0.1, 0.15) is 0 Å². The van der Waals surface area contributed by atoms with Gasteiger partial charge in [-0.1, -0.05) is 26.7 Å². The van der Waals surface area contributed by atoms with Gasteiger partial charge in [-0.15, -0.1) is 0 Å². The molecule has 4 bridgehead atoms. The number of rotatable bonds is 11. The van der Waals surface area contributed by atoms with Crippen LogP contribution in [0.15, 0.2) is 24.5 Å². The van der Waals surface area contributed by atoms with E-state index in [9.17, 15) is 4.79 Å². The molecule has 1 heterocycles. The van der Waals surface area contributed by atoms with E-state index in [1.807, 2.05) is 12.4 Å². The lowest BCUT2D eigenvalue weighted by molar-refractivity contribution is -0.0627. The first-order chi connectivity index (χ1) is 15.0. The Balaban J connectivity index is 1.36. The van der Waals surface area contributed by atoms with Gasteiger partial charge in [-0.05, 0) is 110 Å². The van der Waals surface area contributed by atoms with Crippen molar-refractivity contribution >= 4 is 6.03 Å². The third-order valence-corrected chi connectivity index (χ3v) is 8.55. The average molecular weight is 426 g/mol. The zero-order valence-electron chi connectivity index (χ0n) is 19.8. The van der Waals surface area contributed by atoms with Crippen LogP contribution in [0.4, 0.5) is 4.79 Å². The van der Waals surface area contributed by atoms with Gasteiger partial charge in [0.05, 0.1) is 0 Å². The summed E-state index contributed by atoms with van der Waals surface area (Å²) in [6.45, 7) is 6.08. The Morgan fingerprint density at radius 3 is 2.32 bits per heavy atom. The normalized spacial score (nSPS) is 30.7. The number of amides is 2. The molecule has 0 aliphatic heterocycles. The van der Waals surface area contributed by atoms with E-state index in [4.69, 9.17) is 0 Å². The van der Waals surface area contributed by atoms with Crippen LogP contribution in [0.1, 0.15) is 90.0 Å². The molecule has 172 valence electrons. The highest BCUT2D eigenvalue weighted by molar-refractivity contribution is 5.73. The molecule has 4 nitrogen and oxygen atoms in total. The van der Waals surface area contributed by atoms with E-state index in [0.29, 0.717) is 5.41 Å². The Kier molecular flexibility index (Phi) is 7.23. The van der Waals surface area contributed by atoms with E-state index in [1.54, 1.807) is 0 Å². The molecular formula is C27H43N3O. The maximum Gasteiger partial charge on any atom is 0.314 e. The third kappa shape index (κ3) is 6.02. The molecule has 1 aromatic rings. The Morgan fingerprint density at radius 2 is 1.71 bits per heavy atom. The molecule has 0 saturated heterocycles. The summed E-state index contributed by atoms with van der Waals surface area (Å²) in [7, 11) is 0. The molecule has 1 unspecified atom stereocenters. The molecule has 0 spiro atoms. The summed E-state index contributed by atoms with van der Waals surface area (Å²) in [4.78, 5) is 16.6. The number of hydrogen-bond acceptors (Lipinski definition) is 2. The lowest BCUT2D eigenvalue weighted by Crippen LogP contribution is -2.47. The number of hydrogen-bond donors (Lipinski definition) is 2. The van der Waals surface area contributed by atoms with Gasteiger partial charge in [0.2, 0.25) is 0 Å². The highest BCUT2D eigenvalue weighted by atomic mass is 16.2. The van der Waals surface area contributed by atoms with E-state index >= 15 is 0 Å². The largest absolute Gasteiger partial charge is 0.338 e. The van der Waals surface area contributed by atoms with Crippen molar-refractivity contribution in [2.45, 2.75) is 90.9 Å². The lowest BCUT2D eigenvalue weighted by atomic mass is 9.48. The third-order valence-electron chi connectivity index (χ3n) is 8.55. The van der Waals surface area contributed by atoms with Crippen LogP contribution >= 0.6 is 0 Å². The quantitative estimate of drug-likeness (QED) is 0.420. The molecule has 1 atom stereocenters. The molecule has 31 heavy (non-hydrogen) atoms. The van der Waals surface area contributed by atoms with Crippen LogP contribution in [0.3, 0.4) is 0 Å². The maximum absolute atomic E-state index is 12.4. The van der Waals surface area contributed by atoms with Crippen LogP contribution in [0.2, 0.25) is 0 Å². The highest BCUT2D eigenvalue weighted by Crippen LogP contribution is 2.62. The van der Waals surface area contributed by atoms with E-state index in [1.165, 1.54) is 69.8 Å². The highest BCUT2D eigenvalue weighted by Gasteiger charge is 2.50. The molecule has 5 rings (SSSR count). The van der Waals surface area contributed by atoms with E-state index in [2.05, 4.69) is 41.6 Å². The van der Waals surface area contributed by atoms with Gasteiger partial charge in [-0.25, -0.2) is 4.79 Å². The Labute approximate surface area is 189 Å². The SMILES string of the molecule is CCCCCNC(=O)NCC(C)(CCC12CC3CC(CC(C3)C1)C2)Cc1ccncc1. The minimum atomic E-state index is -0.00754. The molecule has 4 fully saturated rings. The predicted octanol–water partition coefficient (Wildman–Crippen LogP) is 6.12. The predicted molar refractivity (Wildman–Crippen MR) is 127 cm³/mol. The van der Waals surface area contributed by atoms with E-state index in [-0.39, 0.29) is 11.4 Å². The number of aromatic nitrogens is 1. The summed E-state index contributed by atoms with van der Waals surface area (Å²) in [5.74, 6) is 3.01. The lowest BCUT2D eigenvalue weighted by Gasteiger charge is -2.57. The van der Waals surface area contributed by atoms with Crippen molar-refractivity contribution < 1.29 is 4.79 Å². The fourth-order valence-electron chi connectivity index (χ4n) is 7.33. The molecule has 2 amide bonds. The van der Waals surface area contributed by atoms with Gasteiger partial charge in [0.25, 0.3) is 0 Å². The van der Waals surface area contributed by atoms with Crippen LogP contribution in [0.5, 0.6) is 0 Å². The number of nitrogens with one attached hydrogen (secondary N) is 2. The van der Waals surface area contributed by atoms with Crippen molar-refractivity contribution in [3.8, 4) is 0 Å². The van der Waals surface area contributed by atoms with Gasteiger partial charge in [-0.2, -0.15) is 0 Å². The first-order valence-corrected chi connectivity index (χ1v) is 12.9. The molecule has 4 aliphatic carbocycles. The van der Waals surface area contributed by atoms with Gasteiger partial charge >= 0.3 is 6.03 Å². The minimum Gasteiger partial charge on any atom is -0.338 e. The topological polar surface area (TPSA) is 54.0 Å². The summed E-state index contributed by atoms with van der Waals surface area (Å²) in [5.41, 5.74) is 2.00. The Bertz CT molecular complexity index is 683. The van der Waals surface area contributed by atoms with Crippen LogP contribution in [0, 0.1) is 28.6 Å². The zero-order valence-corrected chi connectivity index (χ0v) is 19.8. The van der Waals surface area contributed by atoms with Gasteiger partial charge in [0.15, 0.2) is 0 Å². The number of nitrogens with zero attached hydrogens (tertiary/aromatic N) is 1. The maximum atomic E-state index is 12.4. The molecule has 4 aliphatic rings. The van der Waals surface area contributed by atoms with Crippen molar-refractivity contribution in [3.63, 3.8) is 0 Å². The van der Waals surface area contributed by atoms with Crippen LogP contribution in [-0.2, 0) is 6.42 Å². The summed E-state index contributed by atoms with van der Waals surface area (Å²) >= 11 is 0. The fraction of sp³-hybridized carbons (Fsp3) is 0.778. The van der Waals surface area contributed by atoms with Gasteiger partial charge < -0.3 is 10.6 Å². The second-order valence-electron chi connectivity index (χ2n) is 11.6. The average Bonchev–Trinajstić information content (AvgIpc) is 2.74. The van der Waals surface area contributed by atoms with Crippen LogP contribution in [-0.4, -0.2) is 24.1 Å². The van der Waals surface area contributed by atoms with Crippen molar-refractivity contribution in [2.24, 2.45) is 28.6 Å². The minimum absolute atomic E-state index is 0.00754. The van der Waals surface area contributed by atoms with Crippen molar-refractivity contribution in [1.82, 2.24) is 15.6 Å². The van der Waals surface area contributed by atoms with Crippen molar-refractivity contribution in [1.29, 1.82) is 0 Å². The number of urea groups is 1. The summed E-state index contributed by atoms with van der Waals surface area (Å²) in [5, 5.41) is 6.26. The fourth-order valence-corrected chi connectivity index (χ4v) is 7.33. The number of carbonyl (C=O) groups excluding carboxylic acids is 1. The second-order valence-corrected chi connectivity index (χ2v) is 11.6. The molecule has 1 aromatic heterocycles. The standard InChI is InChI=1S/C27H43N3O/c1-3-4-5-10-29-25(31)30-20-26(2,16-21-6-11-28-12-7-21)8-9-27-17-22-13-23(18-27)15-24(14-22)19-27/h6-7,11-12,22-24H,3-5,8-10,13-20H2,1-2H3,(H2,29,30,31). The molecule has 4 saturated carbocycles. The van der Waals surface area contributed by atoms with Gasteiger partial charge in [-0.3, -0.25) is 4.98 Å². The first-order valence-electron chi connectivity index (χ1n) is 12.9.